The quantitative estimate of drug-likeness (QED) is 0.835. The van der Waals surface area contributed by atoms with Crippen LogP contribution < -0.4 is 4.72 Å². The molecule has 1 aromatic heterocycles. The van der Waals surface area contributed by atoms with Gasteiger partial charge in [0.1, 0.15) is 15.0 Å². The maximum atomic E-state index is 12.1. The van der Waals surface area contributed by atoms with Crippen LogP contribution in [0.15, 0.2) is 29.2 Å². The molecule has 8 heteroatoms. The van der Waals surface area contributed by atoms with Gasteiger partial charge < -0.3 is 5.11 Å². The van der Waals surface area contributed by atoms with Crippen molar-refractivity contribution in [1.82, 2.24) is 0 Å². The van der Waals surface area contributed by atoms with Crippen LogP contribution in [0.5, 0.6) is 5.75 Å². The highest BCUT2D eigenvalue weighted by Gasteiger charge is 2.22. The summed E-state index contributed by atoms with van der Waals surface area (Å²) in [4.78, 5) is -0.107. The molecule has 1 heterocycles. The number of benzene rings is 1. The Morgan fingerprint density at radius 2 is 1.95 bits per heavy atom. The Morgan fingerprint density at radius 3 is 2.47 bits per heavy atom. The third-order valence-corrected chi connectivity index (χ3v) is 5.43. The molecule has 0 spiro atoms. The van der Waals surface area contributed by atoms with E-state index < -0.39 is 10.0 Å². The van der Waals surface area contributed by atoms with Gasteiger partial charge in [-0.15, -0.1) is 11.3 Å². The van der Waals surface area contributed by atoms with Crippen molar-refractivity contribution in [3.63, 3.8) is 0 Å². The molecule has 19 heavy (non-hydrogen) atoms. The van der Waals surface area contributed by atoms with E-state index in [2.05, 4.69) is 4.72 Å². The topological polar surface area (TPSA) is 66.4 Å². The molecule has 0 unspecified atom stereocenters. The maximum Gasteiger partial charge on any atom is 0.264 e. The van der Waals surface area contributed by atoms with E-state index in [1.54, 1.807) is 13.0 Å². The molecule has 2 N–H and O–H groups in total. The summed E-state index contributed by atoms with van der Waals surface area (Å²) in [5, 5.41) is 9.69. The molecule has 102 valence electrons. The smallest absolute Gasteiger partial charge is 0.264 e. The predicted molar refractivity (Wildman–Crippen MR) is 78.0 cm³/mol. The van der Waals surface area contributed by atoms with Crippen LogP contribution in [0.2, 0.25) is 8.67 Å². The zero-order valence-electron chi connectivity index (χ0n) is 9.65. The van der Waals surface area contributed by atoms with Gasteiger partial charge in [-0.3, -0.25) is 4.72 Å². The van der Waals surface area contributed by atoms with Crippen molar-refractivity contribution in [3.05, 3.63) is 38.5 Å². The SMILES string of the molecule is Cc1ccc(NS(=O)(=O)c2cc(Cl)sc2Cl)c(O)c1. The zero-order valence-corrected chi connectivity index (χ0v) is 12.8. The minimum atomic E-state index is -3.87. The number of anilines is 1. The third kappa shape index (κ3) is 3.14. The first-order chi connectivity index (χ1) is 8.79. The van der Waals surface area contributed by atoms with Crippen molar-refractivity contribution in [2.45, 2.75) is 11.8 Å². The van der Waals surface area contributed by atoms with Crippen LogP contribution in [-0.4, -0.2) is 13.5 Å². The second-order valence-electron chi connectivity index (χ2n) is 3.81. The standard InChI is InChI=1S/C11H9Cl2NO3S2/c1-6-2-3-7(8(15)4-6)14-19(16,17)9-5-10(12)18-11(9)13/h2-5,14-15H,1H3. The Morgan fingerprint density at radius 1 is 1.26 bits per heavy atom. The summed E-state index contributed by atoms with van der Waals surface area (Å²) in [5.74, 6) is -0.152. The summed E-state index contributed by atoms with van der Waals surface area (Å²) >= 11 is 12.5. The number of hydrogen-bond donors (Lipinski definition) is 2. The van der Waals surface area contributed by atoms with Gasteiger partial charge >= 0.3 is 0 Å². The van der Waals surface area contributed by atoms with Crippen molar-refractivity contribution >= 4 is 50.2 Å². The van der Waals surface area contributed by atoms with Gasteiger partial charge in [0.15, 0.2) is 0 Å². The number of hydrogen-bond acceptors (Lipinski definition) is 4. The molecule has 0 aliphatic rings. The number of thiophene rings is 1. The van der Waals surface area contributed by atoms with Crippen LogP contribution in [0, 0.1) is 6.92 Å². The molecular weight excluding hydrogens is 329 g/mol. The van der Waals surface area contributed by atoms with Crippen LogP contribution in [0.25, 0.3) is 0 Å². The average Bonchev–Trinajstić information content (AvgIpc) is 2.63. The zero-order chi connectivity index (χ0) is 14.2. The van der Waals surface area contributed by atoms with Crippen molar-refractivity contribution in [2.24, 2.45) is 0 Å². The van der Waals surface area contributed by atoms with Gasteiger partial charge in [0.25, 0.3) is 10.0 Å². The molecule has 0 radical (unpaired) electrons. The molecule has 0 saturated carbocycles. The number of halogens is 2. The minimum absolute atomic E-state index is 0.0732. The second kappa shape index (κ2) is 5.20. The van der Waals surface area contributed by atoms with E-state index in [9.17, 15) is 13.5 Å². The number of phenols is 1. The lowest BCUT2D eigenvalue weighted by molar-refractivity contribution is 0.477. The molecule has 4 nitrogen and oxygen atoms in total. The summed E-state index contributed by atoms with van der Waals surface area (Å²) in [7, 11) is -3.87. The number of nitrogens with one attached hydrogen (secondary N) is 1. The number of rotatable bonds is 3. The lowest BCUT2D eigenvalue weighted by Gasteiger charge is -2.09. The molecule has 0 atom stereocenters. The monoisotopic (exact) mass is 337 g/mol. The first-order valence-corrected chi connectivity index (χ1v) is 8.12. The van der Waals surface area contributed by atoms with Crippen molar-refractivity contribution < 1.29 is 13.5 Å². The molecule has 0 amide bonds. The second-order valence-corrected chi connectivity index (χ2v) is 7.75. The molecular formula is C11H9Cl2NO3S2. The summed E-state index contributed by atoms with van der Waals surface area (Å²) < 4.78 is 26.8. The fourth-order valence-corrected chi connectivity index (χ4v) is 4.66. The number of aryl methyl sites for hydroxylation is 1. The lowest BCUT2D eigenvalue weighted by atomic mass is 10.2. The van der Waals surface area contributed by atoms with Gasteiger partial charge in [-0.25, -0.2) is 8.42 Å². The Hall–Kier alpha value is -0.950. The fourth-order valence-electron chi connectivity index (χ4n) is 1.44. The van der Waals surface area contributed by atoms with E-state index in [1.807, 2.05) is 0 Å². The first-order valence-electron chi connectivity index (χ1n) is 5.07. The van der Waals surface area contributed by atoms with Gasteiger partial charge in [-0.2, -0.15) is 0 Å². The highest BCUT2D eigenvalue weighted by Crippen LogP contribution is 2.36. The van der Waals surface area contributed by atoms with Crippen molar-refractivity contribution in [1.29, 1.82) is 0 Å². The number of sulfonamides is 1. The Labute approximate surface area is 124 Å². The molecule has 0 bridgehead atoms. The predicted octanol–water partition coefficient (Wildman–Crippen LogP) is 3.87. The molecule has 0 fully saturated rings. The van der Waals surface area contributed by atoms with E-state index in [1.165, 1.54) is 18.2 Å². The van der Waals surface area contributed by atoms with E-state index in [0.29, 0.717) is 0 Å². The van der Waals surface area contributed by atoms with Crippen LogP contribution in [-0.2, 0) is 10.0 Å². The molecule has 0 aliphatic heterocycles. The highest BCUT2D eigenvalue weighted by molar-refractivity contribution is 7.93. The van der Waals surface area contributed by atoms with E-state index in [-0.39, 0.29) is 25.0 Å². The van der Waals surface area contributed by atoms with Gasteiger partial charge in [0, 0.05) is 0 Å². The largest absolute Gasteiger partial charge is 0.506 e. The summed E-state index contributed by atoms with van der Waals surface area (Å²) in [6, 6.07) is 5.88. The first kappa shape index (κ1) is 14.5. The Kier molecular flexibility index (Phi) is 3.96. The van der Waals surface area contributed by atoms with Gasteiger partial charge in [0.2, 0.25) is 0 Å². The lowest BCUT2D eigenvalue weighted by Crippen LogP contribution is -2.12. The fraction of sp³-hybridized carbons (Fsp3) is 0.0909. The molecule has 1 aromatic carbocycles. The summed E-state index contributed by atoms with van der Waals surface area (Å²) in [6.07, 6.45) is 0. The minimum Gasteiger partial charge on any atom is -0.506 e. The van der Waals surface area contributed by atoms with Crippen LogP contribution >= 0.6 is 34.5 Å². The third-order valence-electron chi connectivity index (χ3n) is 2.31. The number of phenolic OH excluding ortho intramolecular Hbond substituents is 1. The van der Waals surface area contributed by atoms with Crippen LogP contribution in [0.4, 0.5) is 5.69 Å². The molecule has 0 aliphatic carbocycles. The van der Waals surface area contributed by atoms with E-state index in [4.69, 9.17) is 23.2 Å². The molecule has 2 aromatic rings. The highest BCUT2D eigenvalue weighted by atomic mass is 35.5. The maximum absolute atomic E-state index is 12.1. The summed E-state index contributed by atoms with van der Waals surface area (Å²) in [5.41, 5.74) is 0.904. The molecule has 2 rings (SSSR count). The van der Waals surface area contributed by atoms with Crippen molar-refractivity contribution in [2.75, 3.05) is 4.72 Å². The van der Waals surface area contributed by atoms with Gasteiger partial charge in [-0.05, 0) is 30.7 Å². The van der Waals surface area contributed by atoms with Crippen molar-refractivity contribution in [3.8, 4) is 5.75 Å². The Bertz CT molecular complexity index is 726. The van der Waals surface area contributed by atoms with Crippen LogP contribution in [0.1, 0.15) is 5.56 Å². The van der Waals surface area contributed by atoms with Gasteiger partial charge in [-0.1, -0.05) is 29.3 Å². The normalized spacial score (nSPS) is 11.5. The Balaban J connectivity index is 2.39. The molecule has 0 saturated heterocycles. The van der Waals surface area contributed by atoms with E-state index in [0.717, 1.165) is 16.9 Å². The van der Waals surface area contributed by atoms with Gasteiger partial charge in [0.05, 0.1) is 10.0 Å². The number of aromatic hydroxyl groups is 1. The van der Waals surface area contributed by atoms with Crippen LogP contribution in [0.3, 0.4) is 0 Å². The average molecular weight is 338 g/mol. The summed E-state index contributed by atoms with van der Waals surface area (Å²) in [6.45, 7) is 1.79. The van der Waals surface area contributed by atoms with E-state index >= 15 is 0 Å².